The molecule has 3 N–H and O–H groups in total. The summed E-state index contributed by atoms with van der Waals surface area (Å²) in [6, 6.07) is 7.63. The van der Waals surface area contributed by atoms with Crippen molar-refractivity contribution >= 4 is 28.4 Å². The maximum Gasteiger partial charge on any atom is 0.174 e. The minimum Gasteiger partial charge on any atom is -0.381 e. The normalized spacial score (nSPS) is 10.8. The second-order valence-corrected chi connectivity index (χ2v) is 4.16. The number of nitrogens with one attached hydrogen (secondary N) is 1. The van der Waals surface area contributed by atoms with E-state index in [-0.39, 0.29) is 0 Å². The van der Waals surface area contributed by atoms with Crippen LogP contribution in [-0.2, 0) is 6.54 Å². The van der Waals surface area contributed by atoms with Gasteiger partial charge in [-0.25, -0.2) is 9.97 Å². The molecule has 0 aliphatic carbocycles. The first kappa shape index (κ1) is 11.5. The van der Waals surface area contributed by atoms with Crippen LogP contribution in [0.4, 0.5) is 17.3 Å². The number of benzene rings is 1. The number of nitrogens with zero attached hydrogens (tertiary/aromatic N) is 4. The zero-order valence-corrected chi connectivity index (χ0v) is 10.5. The lowest BCUT2D eigenvalue weighted by atomic mass is 10.3. The van der Waals surface area contributed by atoms with Gasteiger partial charge in [-0.3, -0.25) is 4.68 Å². The molecule has 0 aliphatic rings. The topological polar surface area (TPSA) is 81.7 Å². The summed E-state index contributed by atoms with van der Waals surface area (Å²) < 4.78 is 1.83. The van der Waals surface area contributed by atoms with E-state index in [0.717, 1.165) is 23.3 Å². The van der Waals surface area contributed by atoms with E-state index in [0.29, 0.717) is 11.6 Å². The van der Waals surface area contributed by atoms with Gasteiger partial charge >= 0.3 is 0 Å². The standard InChI is InChI=1S/C13H14N6/c1-2-19-8-9(7-15-19)16-13-12(14)17-10-5-3-4-6-11(10)18-13/h3-8H,2H2,1H3,(H2,14,17)(H,16,18). The summed E-state index contributed by atoms with van der Waals surface area (Å²) in [6.07, 6.45) is 3.64. The third-order valence-corrected chi connectivity index (χ3v) is 2.82. The second-order valence-electron chi connectivity index (χ2n) is 4.16. The lowest BCUT2D eigenvalue weighted by Crippen LogP contribution is -2.02. The monoisotopic (exact) mass is 254 g/mol. The predicted molar refractivity (Wildman–Crippen MR) is 75.1 cm³/mol. The van der Waals surface area contributed by atoms with Gasteiger partial charge in [0, 0.05) is 12.7 Å². The van der Waals surface area contributed by atoms with Crippen molar-refractivity contribution in [3.8, 4) is 0 Å². The summed E-state index contributed by atoms with van der Waals surface area (Å²) >= 11 is 0. The Labute approximate surface area is 110 Å². The molecule has 19 heavy (non-hydrogen) atoms. The summed E-state index contributed by atoms with van der Waals surface area (Å²) in [7, 11) is 0. The highest BCUT2D eigenvalue weighted by Crippen LogP contribution is 2.21. The summed E-state index contributed by atoms with van der Waals surface area (Å²) in [4.78, 5) is 8.79. The number of aromatic nitrogens is 4. The Hall–Kier alpha value is -2.63. The predicted octanol–water partition coefficient (Wildman–Crippen LogP) is 2.17. The molecule has 1 aromatic carbocycles. The highest BCUT2D eigenvalue weighted by molar-refractivity contribution is 5.80. The van der Waals surface area contributed by atoms with Crippen LogP contribution >= 0.6 is 0 Å². The Kier molecular flexibility index (Phi) is 2.75. The lowest BCUT2D eigenvalue weighted by Gasteiger charge is -2.06. The number of rotatable bonds is 3. The van der Waals surface area contributed by atoms with Gasteiger partial charge in [0.15, 0.2) is 11.6 Å². The Morgan fingerprint density at radius 1 is 1.21 bits per heavy atom. The molecule has 3 aromatic rings. The quantitative estimate of drug-likeness (QED) is 0.748. The number of anilines is 3. The molecule has 0 fully saturated rings. The number of fused-ring (bicyclic) bond motifs is 1. The molecule has 0 radical (unpaired) electrons. The molecule has 2 aromatic heterocycles. The average Bonchev–Trinajstić information content (AvgIpc) is 2.87. The minimum absolute atomic E-state index is 0.378. The molecule has 0 bridgehead atoms. The van der Waals surface area contributed by atoms with E-state index in [4.69, 9.17) is 5.73 Å². The Morgan fingerprint density at radius 2 is 1.95 bits per heavy atom. The molecule has 0 spiro atoms. The van der Waals surface area contributed by atoms with Gasteiger partial charge < -0.3 is 11.1 Å². The highest BCUT2D eigenvalue weighted by atomic mass is 15.3. The number of para-hydroxylation sites is 2. The summed E-state index contributed by atoms with van der Waals surface area (Å²) in [5.41, 5.74) is 8.35. The van der Waals surface area contributed by atoms with Gasteiger partial charge in [0.05, 0.1) is 22.9 Å². The molecule has 96 valence electrons. The largest absolute Gasteiger partial charge is 0.381 e. The van der Waals surface area contributed by atoms with E-state index >= 15 is 0 Å². The van der Waals surface area contributed by atoms with Gasteiger partial charge in [-0.15, -0.1) is 0 Å². The van der Waals surface area contributed by atoms with Crippen LogP contribution in [0.1, 0.15) is 6.92 Å². The third-order valence-electron chi connectivity index (χ3n) is 2.82. The van der Waals surface area contributed by atoms with Gasteiger partial charge in [-0.2, -0.15) is 5.10 Å². The van der Waals surface area contributed by atoms with Crippen LogP contribution in [0.25, 0.3) is 11.0 Å². The Balaban J connectivity index is 1.97. The van der Waals surface area contributed by atoms with Crippen LogP contribution in [0.5, 0.6) is 0 Å². The van der Waals surface area contributed by atoms with Gasteiger partial charge in [0.25, 0.3) is 0 Å². The second kappa shape index (κ2) is 4.56. The number of nitrogens with two attached hydrogens (primary N) is 1. The number of hydrogen-bond acceptors (Lipinski definition) is 5. The van der Waals surface area contributed by atoms with E-state index in [1.807, 2.05) is 42.1 Å². The van der Waals surface area contributed by atoms with Crippen LogP contribution in [0.3, 0.4) is 0 Å². The molecule has 0 amide bonds. The first-order valence-corrected chi connectivity index (χ1v) is 6.08. The fourth-order valence-electron chi connectivity index (χ4n) is 1.84. The van der Waals surface area contributed by atoms with Crippen molar-refractivity contribution in [2.24, 2.45) is 0 Å². The fourth-order valence-corrected chi connectivity index (χ4v) is 1.84. The van der Waals surface area contributed by atoms with Crippen molar-refractivity contribution in [1.82, 2.24) is 19.7 Å². The summed E-state index contributed by atoms with van der Waals surface area (Å²) in [5, 5.41) is 7.33. The molecule has 0 saturated carbocycles. The molecule has 2 heterocycles. The molecule has 0 unspecified atom stereocenters. The molecule has 0 atom stereocenters. The fraction of sp³-hybridized carbons (Fsp3) is 0.154. The molecule has 0 aliphatic heterocycles. The van der Waals surface area contributed by atoms with Gasteiger partial charge in [-0.05, 0) is 19.1 Å². The maximum atomic E-state index is 5.91. The SMILES string of the molecule is CCn1cc(Nc2nc3ccccc3nc2N)cn1. The van der Waals surface area contributed by atoms with Gasteiger partial charge in [0.2, 0.25) is 0 Å². The first-order chi connectivity index (χ1) is 9.26. The van der Waals surface area contributed by atoms with Crippen molar-refractivity contribution in [2.75, 3.05) is 11.1 Å². The Morgan fingerprint density at radius 3 is 2.63 bits per heavy atom. The van der Waals surface area contributed by atoms with Crippen molar-refractivity contribution in [3.05, 3.63) is 36.7 Å². The minimum atomic E-state index is 0.378. The molecular formula is C13H14N6. The molecule has 6 nitrogen and oxygen atoms in total. The van der Waals surface area contributed by atoms with Crippen LogP contribution in [-0.4, -0.2) is 19.7 Å². The third kappa shape index (κ3) is 2.20. The Bertz CT molecular complexity index is 718. The van der Waals surface area contributed by atoms with Gasteiger partial charge in [-0.1, -0.05) is 12.1 Å². The van der Waals surface area contributed by atoms with Crippen molar-refractivity contribution < 1.29 is 0 Å². The molecule has 0 saturated heterocycles. The summed E-state index contributed by atoms with van der Waals surface area (Å²) in [6.45, 7) is 2.85. The molecule has 6 heteroatoms. The number of nitrogen functional groups attached to an aromatic ring is 1. The number of aryl methyl sites for hydroxylation is 1. The molecule has 3 rings (SSSR count). The van der Waals surface area contributed by atoms with Crippen molar-refractivity contribution in [3.63, 3.8) is 0 Å². The lowest BCUT2D eigenvalue weighted by molar-refractivity contribution is 0.660. The average molecular weight is 254 g/mol. The summed E-state index contributed by atoms with van der Waals surface area (Å²) in [5.74, 6) is 0.928. The van der Waals surface area contributed by atoms with E-state index < -0.39 is 0 Å². The highest BCUT2D eigenvalue weighted by Gasteiger charge is 2.07. The smallest absolute Gasteiger partial charge is 0.174 e. The van der Waals surface area contributed by atoms with Crippen LogP contribution in [0.2, 0.25) is 0 Å². The van der Waals surface area contributed by atoms with Crippen molar-refractivity contribution in [1.29, 1.82) is 0 Å². The number of hydrogen-bond donors (Lipinski definition) is 2. The molecular weight excluding hydrogens is 240 g/mol. The van der Waals surface area contributed by atoms with Crippen LogP contribution in [0, 0.1) is 0 Å². The van der Waals surface area contributed by atoms with Gasteiger partial charge in [0.1, 0.15) is 0 Å². The maximum absolute atomic E-state index is 5.91. The van der Waals surface area contributed by atoms with Crippen LogP contribution in [0.15, 0.2) is 36.7 Å². The van der Waals surface area contributed by atoms with E-state index in [1.54, 1.807) is 6.20 Å². The zero-order chi connectivity index (χ0) is 13.2. The first-order valence-electron chi connectivity index (χ1n) is 6.08. The zero-order valence-electron chi connectivity index (χ0n) is 10.5. The van der Waals surface area contributed by atoms with E-state index in [2.05, 4.69) is 20.4 Å². The van der Waals surface area contributed by atoms with Crippen molar-refractivity contribution in [2.45, 2.75) is 13.5 Å². The van der Waals surface area contributed by atoms with E-state index in [1.165, 1.54) is 0 Å². The van der Waals surface area contributed by atoms with E-state index in [9.17, 15) is 0 Å². The van der Waals surface area contributed by atoms with Crippen LogP contribution < -0.4 is 11.1 Å².